The van der Waals surface area contributed by atoms with Gasteiger partial charge in [-0.05, 0) is 43.1 Å². The van der Waals surface area contributed by atoms with Crippen LogP contribution in [-0.2, 0) is 76.2 Å². The molecule has 5 fully saturated rings. The second-order valence-corrected chi connectivity index (χ2v) is 14.8. The van der Waals surface area contributed by atoms with Gasteiger partial charge in [0, 0.05) is 40.2 Å². The summed E-state index contributed by atoms with van der Waals surface area (Å²) in [7, 11) is 0. The molecule has 0 N–H and O–H groups in total. The van der Waals surface area contributed by atoms with Crippen molar-refractivity contribution in [2.45, 2.75) is 129 Å². The smallest absolute Gasteiger partial charge is 0.354 e. The summed E-state index contributed by atoms with van der Waals surface area (Å²) in [5.74, 6) is -6.46. The molecule has 0 radical (unpaired) electrons. The Labute approximate surface area is 304 Å². The minimum Gasteiger partial charge on any atom is -0.472 e. The predicted octanol–water partition coefficient (Wildman–Crippen LogP) is 2.41. The van der Waals surface area contributed by atoms with Gasteiger partial charge in [0.1, 0.15) is 31.0 Å². The zero-order valence-corrected chi connectivity index (χ0v) is 30.5. The van der Waals surface area contributed by atoms with Crippen LogP contribution in [0, 0.1) is 22.7 Å². The number of rotatable bonds is 9. The number of hydrogen-bond acceptors (Lipinski definition) is 17. The Morgan fingerprint density at radius 2 is 1.49 bits per heavy atom. The third-order valence-corrected chi connectivity index (χ3v) is 11.6. The van der Waals surface area contributed by atoms with Crippen LogP contribution in [0.4, 0.5) is 0 Å². The largest absolute Gasteiger partial charge is 0.472 e. The molecule has 3 aliphatic heterocycles. The summed E-state index contributed by atoms with van der Waals surface area (Å²) in [6.07, 6.45) is -6.56. The Morgan fingerprint density at radius 3 is 2.09 bits per heavy atom. The maximum atomic E-state index is 14.4. The molecule has 1 aromatic rings. The molecule has 4 heterocycles. The van der Waals surface area contributed by atoms with Crippen molar-refractivity contribution < 1.29 is 80.6 Å². The second kappa shape index (κ2) is 14.0. The van der Waals surface area contributed by atoms with Gasteiger partial charge < -0.3 is 47.0 Å². The molecule has 5 aliphatic rings. The van der Waals surface area contributed by atoms with E-state index < -0.39 is 126 Å². The fourth-order valence-corrected chi connectivity index (χ4v) is 9.64. The summed E-state index contributed by atoms with van der Waals surface area (Å²) in [4.78, 5) is 90.0. The number of ether oxygens (including phenoxy) is 9. The first kappa shape index (κ1) is 38.2. The Hall–Kier alpha value is -4.51. The van der Waals surface area contributed by atoms with Crippen molar-refractivity contribution >= 4 is 41.8 Å². The molecule has 6 rings (SSSR count). The van der Waals surface area contributed by atoms with Crippen molar-refractivity contribution in [3.05, 3.63) is 24.2 Å². The van der Waals surface area contributed by atoms with Gasteiger partial charge in [-0.15, -0.1) is 0 Å². The average Bonchev–Trinajstić information content (AvgIpc) is 3.66. The number of carbonyl (C=O) groups excluding carboxylic acids is 7. The van der Waals surface area contributed by atoms with E-state index >= 15 is 0 Å². The summed E-state index contributed by atoms with van der Waals surface area (Å²) < 4.78 is 57.9. The molecule has 2 saturated carbocycles. The van der Waals surface area contributed by atoms with Gasteiger partial charge in [-0.25, -0.2) is 4.79 Å². The first-order valence-corrected chi connectivity index (χ1v) is 17.5. The third-order valence-electron chi connectivity index (χ3n) is 11.6. The molecular weight excluding hydrogens is 704 g/mol. The Bertz CT molecular complexity index is 1650. The Balaban J connectivity index is 1.42. The number of carbonyl (C=O) groups is 7. The molecule has 0 unspecified atom stereocenters. The van der Waals surface area contributed by atoms with Crippen LogP contribution in [0.3, 0.4) is 0 Å². The topological polar surface area (TPSA) is 216 Å². The quantitative estimate of drug-likeness (QED) is 0.201. The minimum atomic E-state index is -2.11. The van der Waals surface area contributed by atoms with E-state index in [-0.39, 0.29) is 12.8 Å². The zero-order valence-electron chi connectivity index (χ0n) is 30.5. The van der Waals surface area contributed by atoms with Gasteiger partial charge in [0.25, 0.3) is 0 Å². The lowest BCUT2D eigenvalue weighted by atomic mass is 9.42. The highest BCUT2D eigenvalue weighted by molar-refractivity contribution is 5.88. The van der Waals surface area contributed by atoms with E-state index in [4.69, 9.17) is 47.0 Å². The molecule has 0 aromatic carbocycles. The van der Waals surface area contributed by atoms with E-state index in [1.807, 2.05) is 6.92 Å². The van der Waals surface area contributed by atoms with Crippen LogP contribution in [0.5, 0.6) is 0 Å². The highest BCUT2D eigenvalue weighted by Gasteiger charge is 2.81. The van der Waals surface area contributed by atoms with Gasteiger partial charge in [0.2, 0.25) is 5.60 Å². The second-order valence-electron chi connectivity index (χ2n) is 14.8. The summed E-state index contributed by atoms with van der Waals surface area (Å²) >= 11 is 0. The van der Waals surface area contributed by atoms with Crippen molar-refractivity contribution in [3.63, 3.8) is 0 Å². The number of cyclic esters (lactones) is 1. The molecule has 13 atom stereocenters. The maximum absolute atomic E-state index is 14.4. The van der Waals surface area contributed by atoms with E-state index in [0.717, 1.165) is 34.6 Å². The van der Waals surface area contributed by atoms with Crippen molar-refractivity contribution in [1.29, 1.82) is 0 Å². The number of hydrogen-bond donors (Lipinski definition) is 0. The van der Waals surface area contributed by atoms with Crippen LogP contribution < -0.4 is 0 Å². The summed E-state index contributed by atoms with van der Waals surface area (Å²) in [6.45, 7) is 8.81. The molecule has 0 bridgehead atoms. The van der Waals surface area contributed by atoms with Crippen LogP contribution in [-0.4, -0.2) is 96.9 Å². The van der Waals surface area contributed by atoms with Crippen molar-refractivity contribution in [3.8, 4) is 0 Å². The van der Waals surface area contributed by atoms with Gasteiger partial charge in [0.05, 0.1) is 23.9 Å². The average molecular weight is 749 g/mol. The van der Waals surface area contributed by atoms with E-state index in [1.165, 1.54) is 12.5 Å². The number of fused-ring (bicyclic) bond motifs is 2. The molecule has 2 aliphatic carbocycles. The molecule has 53 heavy (non-hydrogen) atoms. The van der Waals surface area contributed by atoms with Crippen LogP contribution >= 0.6 is 0 Å². The third kappa shape index (κ3) is 6.44. The van der Waals surface area contributed by atoms with Crippen molar-refractivity contribution in [2.24, 2.45) is 22.7 Å². The fraction of sp³-hybridized carbons (Fsp3) is 0.694. The van der Waals surface area contributed by atoms with Crippen LogP contribution in [0.2, 0.25) is 0 Å². The SMILES string of the molecule is CC(=O)OC[C@H]1O[C@@H](O[C@H]2CC[C@H]3[C@]4(C)C[C@@H](c5ccoc5)OC(=O)[C@@H]4C[C@@H]4OC(=O)[C@]2(OC(C)=O)[C@]43C)[C@H](OC(C)=O)[C@@H](OC(C)=O)[C@@H]1OC(C)=O. The number of furan rings is 1. The lowest BCUT2D eigenvalue weighted by Crippen LogP contribution is -2.73. The standard InChI is InChI=1S/C36H44O17/c1-16(37)45-15-24-28(46-17(2)38)29(47-18(3)39)30(48-19(4)40)32(50-24)51-26-9-8-25-34(6)13-23(21-10-11-44-14-21)49-31(42)22(34)12-27-35(25,7)36(26,33(43)52-27)53-20(5)41/h10-11,14,22-30,32H,8-9,12-13,15H2,1-7H3/t22-,23-,24+,25-,26-,27-,28+,29-,30+,32-,34+,35-,36-/m0/s1. The van der Waals surface area contributed by atoms with E-state index in [0.29, 0.717) is 18.4 Å². The monoisotopic (exact) mass is 748 g/mol. The van der Waals surface area contributed by atoms with Crippen LogP contribution in [0.1, 0.15) is 85.8 Å². The molecule has 0 spiro atoms. The first-order valence-electron chi connectivity index (χ1n) is 17.5. The van der Waals surface area contributed by atoms with Crippen molar-refractivity contribution in [2.75, 3.05) is 6.61 Å². The van der Waals surface area contributed by atoms with Crippen molar-refractivity contribution in [1.82, 2.24) is 0 Å². The zero-order chi connectivity index (χ0) is 38.6. The lowest BCUT2D eigenvalue weighted by Gasteiger charge is -2.63. The fourth-order valence-electron chi connectivity index (χ4n) is 9.64. The first-order chi connectivity index (χ1) is 24.9. The maximum Gasteiger partial charge on any atom is 0.354 e. The normalized spacial score (nSPS) is 40.0. The Morgan fingerprint density at radius 1 is 0.830 bits per heavy atom. The molecule has 17 heteroatoms. The van der Waals surface area contributed by atoms with Crippen LogP contribution in [0.25, 0.3) is 0 Å². The van der Waals surface area contributed by atoms with E-state index in [1.54, 1.807) is 13.0 Å². The molecule has 17 nitrogen and oxygen atoms in total. The molecule has 0 amide bonds. The van der Waals surface area contributed by atoms with Gasteiger partial charge in [0.15, 0.2) is 24.6 Å². The van der Waals surface area contributed by atoms with Gasteiger partial charge in [-0.3, -0.25) is 28.8 Å². The lowest BCUT2D eigenvalue weighted by molar-refractivity contribution is -0.340. The minimum absolute atomic E-state index is 0.0515. The van der Waals surface area contributed by atoms with Crippen LogP contribution in [0.15, 0.2) is 23.0 Å². The van der Waals surface area contributed by atoms with Gasteiger partial charge in [-0.1, -0.05) is 13.8 Å². The molecular formula is C36H44O17. The summed E-state index contributed by atoms with van der Waals surface area (Å²) in [5, 5.41) is 0. The van der Waals surface area contributed by atoms with Gasteiger partial charge in [-0.2, -0.15) is 0 Å². The highest BCUT2D eigenvalue weighted by Crippen LogP contribution is 2.70. The van der Waals surface area contributed by atoms with E-state index in [2.05, 4.69) is 0 Å². The number of esters is 7. The molecule has 3 saturated heterocycles. The predicted molar refractivity (Wildman–Crippen MR) is 170 cm³/mol. The highest BCUT2D eigenvalue weighted by atomic mass is 16.7. The summed E-state index contributed by atoms with van der Waals surface area (Å²) in [5.41, 5.74) is -3.48. The van der Waals surface area contributed by atoms with E-state index in [9.17, 15) is 33.6 Å². The molecule has 290 valence electrons. The summed E-state index contributed by atoms with van der Waals surface area (Å²) in [6, 6.07) is 1.72. The molecule has 1 aromatic heterocycles. The van der Waals surface area contributed by atoms with Gasteiger partial charge >= 0.3 is 41.8 Å². The Kier molecular flexibility index (Phi) is 10.1.